The maximum Gasteiger partial charge on any atom is 0.360 e. The van der Waals surface area contributed by atoms with Gasteiger partial charge in [0.15, 0.2) is 17.3 Å². The highest BCUT2D eigenvalue weighted by Gasteiger charge is 2.23. The third-order valence-electron chi connectivity index (χ3n) is 4.27. The minimum atomic E-state index is -0.631. The van der Waals surface area contributed by atoms with Crippen LogP contribution in [0.5, 0.6) is 6.01 Å². The summed E-state index contributed by atoms with van der Waals surface area (Å²) in [6, 6.07) is 0.252. The molecule has 2 N–H and O–H groups in total. The molecule has 138 valence electrons. The van der Waals surface area contributed by atoms with E-state index < -0.39 is 5.97 Å². The first-order valence-corrected chi connectivity index (χ1v) is 8.51. The summed E-state index contributed by atoms with van der Waals surface area (Å²) in [4.78, 5) is 31.3. The van der Waals surface area contributed by atoms with Crippen LogP contribution in [0.2, 0.25) is 0 Å². The Labute approximate surface area is 151 Å². The fourth-order valence-corrected chi connectivity index (χ4v) is 2.93. The summed E-state index contributed by atoms with van der Waals surface area (Å²) in [6.45, 7) is 1.71. The second kappa shape index (κ2) is 7.94. The molecule has 3 rings (SSSR count). The molecule has 2 aromatic heterocycles. The fourth-order valence-electron chi connectivity index (χ4n) is 2.93. The van der Waals surface area contributed by atoms with E-state index in [-0.39, 0.29) is 17.5 Å². The number of rotatable bonds is 4. The fraction of sp³-hybridized carbons (Fsp3) is 0.471. The van der Waals surface area contributed by atoms with Crippen molar-refractivity contribution in [3.05, 3.63) is 18.1 Å². The van der Waals surface area contributed by atoms with Crippen LogP contribution in [0.4, 0.5) is 11.6 Å². The highest BCUT2D eigenvalue weighted by Crippen LogP contribution is 2.31. The zero-order chi connectivity index (χ0) is 18.5. The summed E-state index contributed by atoms with van der Waals surface area (Å²) < 4.78 is 9.77. The van der Waals surface area contributed by atoms with Gasteiger partial charge < -0.3 is 20.1 Å². The first kappa shape index (κ1) is 17.8. The molecule has 0 radical (unpaired) electrons. The lowest BCUT2D eigenvalue weighted by atomic mass is 10.2. The molecule has 3 heterocycles. The Balaban J connectivity index is 2.11. The normalized spacial score (nSPS) is 14.6. The van der Waals surface area contributed by atoms with Gasteiger partial charge in [0.1, 0.15) is 5.69 Å². The number of methoxy groups -OCH3 is 2. The monoisotopic (exact) mass is 358 g/mol. The van der Waals surface area contributed by atoms with Crippen molar-refractivity contribution < 1.29 is 14.3 Å². The van der Waals surface area contributed by atoms with Crippen LogP contribution >= 0.6 is 0 Å². The molecule has 9 heteroatoms. The summed E-state index contributed by atoms with van der Waals surface area (Å²) in [7, 11) is 2.78. The third kappa shape index (κ3) is 3.66. The Morgan fingerprint density at radius 3 is 2.31 bits per heavy atom. The predicted octanol–water partition coefficient (Wildman–Crippen LogP) is 1.69. The lowest BCUT2D eigenvalue weighted by Gasteiger charge is -2.24. The van der Waals surface area contributed by atoms with Gasteiger partial charge in [-0.15, -0.1) is 0 Å². The second-order valence-corrected chi connectivity index (χ2v) is 5.98. The summed E-state index contributed by atoms with van der Waals surface area (Å²) in [5.41, 5.74) is 7.10. The minimum Gasteiger partial charge on any atom is -0.467 e. The van der Waals surface area contributed by atoms with Gasteiger partial charge in [-0.1, -0.05) is 12.8 Å². The molecule has 0 aliphatic carbocycles. The van der Waals surface area contributed by atoms with E-state index in [1.54, 1.807) is 12.4 Å². The third-order valence-corrected chi connectivity index (χ3v) is 4.27. The number of aromatic nitrogens is 4. The number of esters is 1. The smallest absolute Gasteiger partial charge is 0.360 e. The largest absolute Gasteiger partial charge is 0.467 e. The molecular weight excluding hydrogens is 336 g/mol. The van der Waals surface area contributed by atoms with Crippen LogP contribution < -0.4 is 15.4 Å². The molecule has 1 aliphatic heterocycles. The van der Waals surface area contributed by atoms with Gasteiger partial charge in [-0.05, 0) is 12.8 Å². The molecule has 1 fully saturated rings. The molecule has 1 aliphatic rings. The van der Waals surface area contributed by atoms with Crippen LogP contribution in [0.3, 0.4) is 0 Å². The van der Waals surface area contributed by atoms with Crippen molar-refractivity contribution in [3.8, 4) is 17.3 Å². The van der Waals surface area contributed by atoms with Gasteiger partial charge in [-0.3, -0.25) is 0 Å². The minimum absolute atomic E-state index is 0.0168. The van der Waals surface area contributed by atoms with E-state index in [4.69, 9.17) is 15.2 Å². The van der Waals surface area contributed by atoms with Crippen molar-refractivity contribution >= 4 is 17.6 Å². The molecule has 0 bridgehead atoms. The summed E-state index contributed by atoms with van der Waals surface area (Å²) >= 11 is 0. The van der Waals surface area contributed by atoms with Crippen LogP contribution in [0, 0.1) is 0 Å². The molecule has 2 aromatic rings. The van der Waals surface area contributed by atoms with E-state index in [0.717, 1.165) is 25.9 Å². The van der Waals surface area contributed by atoms with Crippen LogP contribution in [0.25, 0.3) is 11.3 Å². The topological polar surface area (TPSA) is 116 Å². The molecule has 1 saturated heterocycles. The number of nitrogen functional groups attached to an aromatic ring is 1. The van der Waals surface area contributed by atoms with E-state index in [0.29, 0.717) is 17.1 Å². The van der Waals surface area contributed by atoms with Gasteiger partial charge >= 0.3 is 12.0 Å². The molecule has 0 atom stereocenters. The van der Waals surface area contributed by atoms with Crippen LogP contribution in [0.1, 0.15) is 36.2 Å². The lowest BCUT2D eigenvalue weighted by Crippen LogP contribution is -2.27. The number of hydrogen-bond acceptors (Lipinski definition) is 9. The Morgan fingerprint density at radius 2 is 1.73 bits per heavy atom. The number of carbonyl (C=O) groups excluding carboxylic acids is 1. The predicted molar refractivity (Wildman–Crippen MR) is 96.0 cm³/mol. The number of ether oxygens (including phenoxy) is 2. The first-order chi connectivity index (χ1) is 12.6. The molecular formula is C17H22N6O3. The van der Waals surface area contributed by atoms with E-state index >= 15 is 0 Å². The average Bonchev–Trinajstić information content (AvgIpc) is 2.96. The summed E-state index contributed by atoms with van der Waals surface area (Å²) in [6.07, 6.45) is 7.68. The maximum atomic E-state index is 12.0. The molecule has 0 saturated carbocycles. The highest BCUT2D eigenvalue weighted by molar-refractivity contribution is 5.93. The van der Waals surface area contributed by atoms with Gasteiger partial charge in [-0.2, -0.15) is 0 Å². The maximum absolute atomic E-state index is 12.0. The van der Waals surface area contributed by atoms with E-state index in [1.807, 2.05) is 0 Å². The molecule has 0 aromatic carbocycles. The quantitative estimate of drug-likeness (QED) is 0.815. The number of nitrogens with zero attached hydrogens (tertiary/aromatic N) is 5. The number of hydrogen-bond donors (Lipinski definition) is 1. The Morgan fingerprint density at radius 1 is 1.08 bits per heavy atom. The van der Waals surface area contributed by atoms with E-state index in [1.165, 1.54) is 27.1 Å². The molecule has 0 amide bonds. The first-order valence-electron chi connectivity index (χ1n) is 8.51. The summed E-state index contributed by atoms with van der Waals surface area (Å²) in [5, 5.41) is 0. The van der Waals surface area contributed by atoms with Crippen molar-refractivity contribution in [3.63, 3.8) is 0 Å². The van der Waals surface area contributed by atoms with Crippen LogP contribution in [-0.4, -0.2) is 53.2 Å². The van der Waals surface area contributed by atoms with Crippen molar-refractivity contribution in [2.45, 2.75) is 25.7 Å². The molecule has 0 unspecified atom stereocenters. The standard InChI is InChI=1S/C17H22N6O3/c1-25-16(24)13-14(18)22-15(23-7-5-3-4-6-8-23)12(21-13)11-9-19-17(26-2)20-10-11/h9-10H,3-8H2,1-2H3,(H2,18,22). The Kier molecular flexibility index (Phi) is 5.45. The van der Waals surface area contributed by atoms with E-state index in [2.05, 4.69) is 24.8 Å². The van der Waals surface area contributed by atoms with Crippen molar-refractivity contribution in [1.29, 1.82) is 0 Å². The molecule has 0 spiro atoms. The number of nitrogens with two attached hydrogens (primary N) is 1. The van der Waals surface area contributed by atoms with E-state index in [9.17, 15) is 4.79 Å². The van der Waals surface area contributed by atoms with Gasteiger partial charge in [0.25, 0.3) is 0 Å². The highest BCUT2D eigenvalue weighted by atomic mass is 16.5. The van der Waals surface area contributed by atoms with Gasteiger partial charge in [0.05, 0.1) is 14.2 Å². The SMILES string of the molecule is COC(=O)c1nc(-c2cnc(OC)nc2)c(N2CCCCCC2)nc1N. The van der Waals surface area contributed by atoms with Gasteiger partial charge in [0, 0.05) is 31.0 Å². The van der Waals surface area contributed by atoms with Gasteiger partial charge in [0.2, 0.25) is 0 Å². The van der Waals surface area contributed by atoms with Crippen LogP contribution in [-0.2, 0) is 4.74 Å². The molecule has 9 nitrogen and oxygen atoms in total. The Hall–Kier alpha value is -2.97. The van der Waals surface area contributed by atoms with Crippen molar-refractivity contribution in [1.82, 2.24) is 19.9 Å². The van der Waals surface area contributed by atoms with Crippen molar-refractivity contribution in [2.75, 3.05) is 37.9 Å². The lowest BCUT2D eigenvalue weighted by molar-refractivity contribution is 0.0595. The van der Waals surface area contributed by atoms with Gasteiger partial charge in [-0.25, -0.2) is 24.7 Å². The number of carbonyl (C=O) groups is 1. The number of anilines is 2. The molecule has 26 heavy (non-hydrogen) atoms. The zero-order valence-corrected chi connectivity index (χ0v) is 14.9. The second-order valence-electron chi connectivity index (χ2n) is 5.98. The Bertz CT molecular complexity index is 773. The zero-order valence-electron chi connectivity index (χ0n) is 14.9. The van der Waals surface area contributed by atoms with Crippen molar-refractivity contribution in [2.24, 2.45) is 0 Å². The average molecular weight is 358 g/mol. The summed E-state index contributed by atoms with van der Waals surface area (Å²) in [5.74, 6) is 0.0493. The van der Waals surface area contributed by atoms with Crippen LogP contribution in [0.15, 0.2) is 12.4 Å².